The Balaban J connectivity index is 4.27. The average molecular weight is 868 g/mol. The van der Waals surface area contributed by atoms with Crippen LogP contribution in [0.4, 0.5) is 0 Å². The SMILES string of the molecule is CCCCC/C=C\C/C=C\CCCCCCCC(=O)OC[C@H](COP(=O)([O-])OCC[N+](C)(C)C)OC(=O)CCCCCCCCCCCCC/C=C\CCCCCCCC. The molecule has 0 fully saturated rings. The van der Waals surface area contributed by atoms with Crippen LogP contribution in [-0.4, -0.2) is 70.0 Å². The second-order valence-corrected chi connectivity index (χ2v) is 19.2. The molecule has 0 saturated carbocycles. The predicted octanol–water partition coefficient (Wildman–Crippen LogP) is 13.8. The van der Waals surface area contributed by atoms with Gasteiger partial charge in [-0.05, 0) is 70.6 Å². The van der Waals surface area contributed by atoms with Gasteiger partial charge in [-0.1, -0.05) is 172 Å². The highest BCUT2D eigenvalue weighted by atomic mass is 31.2. The van der Waals surface area contributed by atoms with E-state index in [1.54, 1.807) is 0 Å². The molecule has 0 aromatic rings. The summed E-state index contributed by atoms with van der Waals surface area (Å²) in [7, 11) is 1.16. The summed E-state index contributed by atoms with van der Waals surface area (Å²) in [4.78, 5) is 37.6. The largest absolute Gasteiger partial charge is 0.756 e. The maximum absolute atomic E-state index is 12.7. The zero-order chi connectivity index (χ0) is 44.3. The molecule has 0 spiro atoms. The predicted molar refractivity (Wildman–Crippen MR) is 250 cm³/mol. The van der Waals surface area contributed by atoms with E-state index in [1.165, 1.54) is 122 Å². The van der Waals surface area contributed by atoms with E-state index in [0.717, 1.165) is 57.8 Å². The van der Waals surface area contributed by atoms with Crippen molar-refractivity contribution < 1.29 is 42.1 Å². The van der Waals surface area contributed by atoms with E-state index >= 15 is 0 Å². The van der Waals surface area contributed by atoms with Gasteiger partial charge in [-0.2, -0.15) is 0 Å². The molecule has 0 bridgehead atoms. The molecule has 1 unspecified atom stereocenters. The molecule has 352 valence electrons. The minimum atomic E-state index is -4.63. The van der Waals surface area contributed by atoms with E-state index in [1.807, 2.05) is 21.1 Å². The first-order valence-corrected chi connectivity index (χ1v) is 26.2. The first-order valence-electron chi connectivity index (χ1n) is 24.7. The van der Waals surface area contributed by atoms with Crippen molar-refractivity contribution in [2.45, 2.75) is 225 Å². The number of carbonyl (C=O) groups excluding carboxylic acids is 2. The molecular weight excluding hydrogens is 774 g/mol. The van der Waals surface area contributed by atoms with Crippen LogP contribution < -0.4 is 4.89 Å². The zero-order valence-corrected chi connectivity index (χ0v) is 40.6. The minimum absolute atomic E-state index is 0.0330. The van der Waals surface area contributed by atoms with Crippen LogP contribution in [0.2, 0.25) is 0 Å². The number of phosphoric ester groups is 1. The van der Waals surface area contributed by atoms with Crippen molar-refractivity contribution in [3.05, 3.63) is 36.5 Å². The minimum Gasteiger partial charge on any atom is -0.756 e. The summed E-state index contributed by atoms with van der Waals surface area (Å²) in [5.74, 6) is -0.846. The summed E-state index contributed by atoms with van der Waals surface area (Å²) in [5, 5.41) is 0. The van der Waals surface area contributed by atoms with Crippen LogP contribution >= 0.6 is 7.82 Å². The zero-order valence-electron chi connectivity index (χ0n) is 39.7. The topological polar surface area (TPSA) is 111 Å². The molecule has 0 radical (unpaired) electrons. The summed E-state index contributed by atoms with van der Waals surface area (Å²) in [6.45, 7) is 4.20. The maximum atomic E-state index is 12.7. The van der Waals surface area contributed by atoms with Crippen molar-refractivity contribution in [3.63, 3.8) is 0 Å². The van der Waals surface area contributed by atoms with Crippen LogP contribution in [0, 0.1) is 0 Å². The number of carbonyl (C=O) groups is 2. The maximum Gasteiger partial charge on any atom is 0.306 e. The normalized spacial score (nSPS) is 13.8. The molecular formula is C50H94NO8P. The van der Waals surface area contributed by atoms with Crippen molar-refractivity contribution in [1.82, 2.24) is 0 Å². The molecule has 0 aromatic heterocycles. The summed E-state index contributed by atoms with van der Waals surface area (Å²) in [6, 6.07) is 0. The van der Waals surface area contributed by atoms with Gasteiger partial charge in [-0.15, -0.1) is 0 Å². The third-order valence-corrected chi connectivity index (χ3v) is 11.6. The Kier molecular flexibility index (Phi) is 41.3. The Bertz CT molecular complexity index is 1120. The monoisotopic (exact) mass is 868 g/mol. The molecule has 10 heteroatoms. The molecule has 9 nitrogen and oxygen atoms in total. The Hall–Kier alpha value is -1.77. The number of quaternary nitrogens is 1. The summed E-state index contributed by atoms with van der Waals surface area (Å²) in [6.07, 6.45) is 48.8. The lowest BCUT2D eigenvalue weighted by Gasteiger charge is -2.28. The van der Waals surface area contributed by atoms with Crippen LogP contribution in [0.15, 0.2) is 36.5 Å². The van der Waals surface area contributed by atoms with Crippen LogP contribution in [0.1, 0.15) is 219 Å². The Labute approximate surface area is 370 Å². The number of hydrogen-bond donors (Lipinski definition) is 0. The fourth-order valence-electron chi connectivity index (χ4n) is 6.74. The van der Waals surface area contributed by atoms with Gasteiger partial charge in [-0.25, -0.2) is 0 Å². The van der Waals surface area contributed by atoms with Gasteiger partial charge in [0.1, 0.15) is 19.8 Å². The third kappa shape index (κ3) is 45.7. The molecule has 0 rings (SSSR count). The van der Waals surface area contributed by atoms with Gasteiger partial charge in [0, 0.05) is 12.8 Å². The molecule has 2 atom stereocenters. The first-order chi connectivity index (χ1) is 29.0. The smallest absolute Gasteiger partial charge is 0.306 e. The van der Waals surface area contributed by atoms with Gasteiger partial charge < -0.3 is 27.9 Å². The molecule has 0 aliphatic carbocycles. The molecule has 0 aromatic carbocycles. The first kappa shape index (κ1) is 58.2. The number of likely N-dealkylation sites (N-methyl/N-ethyl adjacent to an activating group) is 1. The molecule has 0 aliphatic heterocycles. The average Bonchev–Trinajstić information content (AvgIpc) is 3.20. The molecule has 60 heavy (non-hydrogen) atoms. The van der Waals surface area contributed by atoms with Crippen molar-refractivity contribution in [2.24, 2.45) is 0 Å². The lowest BCUT2D eigenvalue weighted by Crippen LogP contribution is -2.37. The van der Waals surface area contributed by atoms with Crippen LogP contribution in [0.3, 0.4) is 0 Å². The van der Waals surface area contributed by atoms with Gasteiger partial charge in [0.25, 0.3) is 7.82 Å². The second-order valence-electron chi connectivity index (χ2n) is 17.8. The Morgan fingerprint density at radius 3 is 1.37 bits per heavy atom. The highest BCUT2D eigenvalue weighted by Crippen LogP contribution is 2.38. The number of esters is 2. The summed E-state index contributed by atoms with van der Waals surface area (Å²) >= 11 is 0. The Morgan fingerprint density at radius 1 is 0.517 bits per heavy atom. The number of hydrogen-bond acceptors (Lipinski definition) is 8. The molecule has 0 aliphatic rings. The number of phosphoric acid groups is 1. The van der Waals surface area contributed by atoms with Gasteiger partial charge in [-0.3, -0.25) is 14.2 Å². The highest BCUT2D eigenvalue weighted by molar-refractivity contribution is 7.45. The quantitative estimate of drug-likeness (QED) is 0.0196. The third-order valence-electron chi connectivity index (χ3n) is 10.6. The van der Waals surface area contributed by atoms with Crippen LogP contribution in [0.5, 0.6) is 0 Å². The van der Waals surface area contributed by atoms with Gasteiger partial charge in [0.05, 0.1) is 27.7 Å². The molecule has 0 heterocycles. The molecule has 0 N–H and O–H groups in total. The van der Waals surface area contributed by atoms with E-state index in [2.05, 4.69) is 50.3 Å². The molecule has 0 amide bonds. The second kappa shape index (κ2) is 42.5. The van der Waals surface area contributed by atoms with Gasteiger partial charge in [0.2, 0.25) is 0 Å². The van der Waals surface area contributed by atoms with Crippen LogP contribution in [-0.2, 0) is 32.7 Å². The van der Waals surface area contributed by atoms with Crippen molar-refractivity contribution in [2.75, 3.05) is 47.5 Å². The highest BCUT2D eigenvalue weighted by Gasteiger charge is 2.21. The van der Waals surface area contributed by atoms with E-state index in [4.69, 9.17) is 18.5 Å². The Morgan fingerprint density at radius 2 is 0.900 bits per heavy atom. The summed E-state index contributed by atoms with van der Waals surface area (Å²) < 4.78 is 34.0. The fraction of sp³-hybridized carbons (Fsp3) is 0.840. The molecule has 0 saturated heterocycles. The van der Waals surface area contributed by atoms with Gasteiger partial charge >= 0.3 is 11.9 Å². The van der Waals surface area contributed by atoms with Crippen molar-refractivity contribution >= 4 is 19.8 Å². The lowest BCUT2D eigenvalue weighted by atomic mass is 10.0. The van der Waals surface area contributed by atoms with E-state index in [9.17, 15) is 19.0 Å². The number of unbranched alkanes of at least 4 members (excludes halogenated alkanes) is 25. The van der Waals surface area contributed by atoms with Crippen molar-refractivity contribution in [1.29, 1.82) is 0 Å². The van der Waals surface area contributed by atoms with E-state index < -0.39 is 32.5 Å². The lowest BCUT2D eigenvalue weighted by molar-refractivity contribution is -0.870. The van der Waals surface area contributed by atoms with E-state index in [0.29, 0.717) is 23.9 Å². The van der Waals surface area contributed by atoms with Gasteiger partial charge in [0.15, 0.2) is 6.10 Å². The van der Waals surface area contributed by atoms with Crippen LogP contribution in [0.25, 0.3) is 0 Å². The fourth-order valence-corrected chi connectivity index (χ4v) is 7.47. The van der Waals surface area contributed by atoms with E-state index in [-0.39, 0.29) is 26.1 Å². The summed E-state index contributed by atoms with van der Waals surface area (Å²) in [5.41, 5.74) is 0. The number of rotatable bonds is 45. The number of ether oxygens (including phenoxy) is 2. The number of allylic oxidation sites excluding steroid dienone is 6. The standard InChI is InChI=1S/C50H94NO8P/c1-6-8-10-12-14-16-18-20-22-23-24-25-26-27-29-31-33-35-37-39-41-43-50(53)59-48(47-58-60(54,55)57-45-44-51(3,4)5)46-56-49(52)42-40-38-36-34-32-30-28-21-19-17-15-13-11-9-7-2/h15,17,20-22,28,48H,6-14,16,18-19,23-27,29-47H2,1-5H3/b17-15-,22-20-,28-21-/t48-/m1/s1. The van der Waals surface area contributed by atoms with Crippen molar-refractivity contribution in [3.8, 4) is 0 Å². The number of nitrogens with zero attached hydrogens (tertiary/aromatic N) is 1.